The number of aliphatic hydroxyl groups is 1. The number of rotatable bonds is 13. The van der Waals surface area contributed by atoms with E-state index in [0.29, 0.717) is 41.2 Å². The van der Waals surface area contributed by atoms with Gasteiger partial charge in [-0.25, -0.2) is 14.8 Å². The molecule has 0 radical (unpaired) electrons. The maximum absolute atomic E-state index is 14.4. The monoisotopic (exact) mass is 672 g/mol. The van der Waals surface area contributed by atoms with E-state index < -0.39 is 17.6 Å². The molecule has 0 saturated carbocycles. The average Bonchev–Trinajstić information content (AvgIpc) is 3.44. The minimum absolute atomic E-state index is 0.0319. The van der Waals surface area contributed by atoms with Crippen LogP contribution in [0.4, 0.5) is 10.1 Å². The van der Waals surface area contributed by atoms with Gasteiger partial charge in [-0.2, -0.15) is 0 Å². The highest BCUT2D eigenvalue weighted by Gasteiger charge is 2.54. The Balaban J connectivity index is 1.56. The molecule has 45 heavy (non-hydrogen) atoms. The van der Waals surface area contributed by atoms with Crippen LogP contribution in [0.1, 0.15) is 34.8 Å². The van der Waals surface area contributed by atoms with E-state index in [4.69, 9.17) is 19.6 Å². The first-order valence-corrected chi connectivity index (χ1v) is 15.0. The lowest BCUT2D eigenvalue weighted by Gasteiger charge is -2.31. The minimum atomic E-state index is -1.56. The summed E-state index contributed by atoms with van der Waals surface area (Å²) in [6.07, 6.45) is -0.352. The summed E-state index contributed by atoms with van der Waals surface area (Å²) in [7, 11) is 0. The van der Waals surface area contributed by atoms with Gasteiger partial charge in [0.15, 0.2) is 11.6 Å². The molecule has 1 aliphatic heterocycles. The van der Waals surface area contributed by atoms with E-state index >= 15 is 0 Å². The Bertz CT molecular complexity index is 1710. The van der Waals surface area contributed by atoms with E-state index in [9.17, 15) is 14.7 Å². The van der Waals surface area contributed by atoms with Crippen LogP contribution < -0.4 is 15.6 Å². The Morgan fingerprint density at radius 1 is 1.07 bits per heavy atom. The Hall–Kier alpha value is -4.74. The lowest BCUT2D eigenvalue weighted by molar-refractivity contribution is -0.130. The van der Waals surface area contributed by atoms with E-state index in [2.05, 4.69) is 36.8 Å². The molecule has 0 bridgehead atoms. The Morgan fingerprint density at radius 2 is 1.80 bits per heavy atom. The number of hydrazine groups is 1. The summed E-state index contributed by atoms with van der Waals surface area (Å²) < 4.78 is 26.4. The second-order valence-electron chi connectivity index (χ2n) is 10.2. The summed E-state index contributed by atoms with van der Waals surface area (Å²) in [5.74, 6) is 0.0181. The molecule has 12 heteroatoms. The van der Waals surface area contributed by atoms with E-state index in [1.807, 2.05) is 24.3 Å². The number of azide groups is 1. The number of benzene rings is 4. The third kappa shape index (κ3) is 7.50. The molecule has 4 aromatic carbocycles. The fourth-order valence-corrected chi connectivity index (χ4v) is 5.47. The van der Waals surface area contributed by atoms with E-state index in [1.165, 1.54) is 12.1 Å². The van der Waals surface area contributed by atoms with Crippen LogP contribution in [0.25, 0.3) is 10.4 Å². The lowest BCUT2D eigenvalue weighted by atomic mass is 9.81. The maximum Gasteiger partial charge on any atom is 0.266 e. The summed E-state index contributed by atoms with van der Waals surface area (Å²) in [5.41, 5.74) is 16.5. The smallest absolute Gasteiger partial charge is 0.266 e. The van der Waals surface area contributed by atoms with Crippen molar-refractivity contribution in [1.29, 1.82) is 0 Å². The topological polar surface area (TPSA) is 141 Å². The first-order valence-electron chi connectivity index (χ1n) is 14.2. The number of aliphatic hydroxyl groups excluding tert-OH is 1. The van der Waals surface area contributed by atoms with Gasteiger partial charge >= 0.3 is 0 Å². The van der Waals surface area contributed by atoms with Crippen molar-refractivity contribution in [2.45, 2.75) is 31.0 Å². The number of carbonyl (C=O) groups is 1. The third-order valence-corrected chi connectivity index (χ3v) is 7.95. The SMILES string of the molecule is [N-]=[N+]=Nc1ccccc1C[C@]1(C(=O)NNCc2ccc(F)cc2)N=C(c2ccc(OCCCO)cc2)O[C@H]1c1ccccc1Br. The van der Waals surface area contributed by atoms with Crippen LogP contribution in [0.2, 0.25) is 0 Å². The molecular weight excluding hydrogens is 643 g/mol. The van der Waals surface area contributed by atoms with Gasteiger partial charge in [-0.05, 0) is 59.1 Å². The van der Waals surface area contributed by atoms with Gasteiger partial charge in [-0.15, -0.1) is 0 Å². The molecule has 0 fully saturated rings. The molecule has 2 atom stereocenters. The van der Waals surface area contributed by atoms with Gasteiger partial charge in [0.05, 0.1) is 6.61 Å². The maximum atomic E-state index is 14.4. The van der Waals surface area contributed by atoms with Crippen LogP contribution in [0.5, 0.6) is 5.75 Å². The van der Waals surface area contributed by atoms with Gasteiger partial charge in [0, 0.05) is 52.2 Å². The Morgan fingerprint density at radius 3 is 2.53 bits per heavy atom. The first kappa shape index (κ1) is 31.7. The van der Waals surface area contributed by atoms with Crippen molar-refractivity contribution in [3.05, 3.63) is 140 Å². The highest BCUT2D eigenvalue weighted by atomic mass is 79.9. The number of carbonyl (C=O) groups excluding carboxylic acids is 1. The van der Waals surface area contributed by atoms with E-state index in [-0.39, 0.29) is 31.3 Å². The molecule has 0 unspecified atom stereocenters. The summed E-state index contributed by atoms with van der Waals surface area (Å²) in [5, 5.41) is 12.9. The predicted molar refractivity (Wildman–Crippen MR) is 171 cm³/mol. The number of halogens is 2. The summed E-state index contributed by atoms with van der Waals surface area (Å²) >= 11 is 3.63. The van der Waals surface area contributed by atoms with Crippen LogP contribution in [0.3, 0.4) is 0 Å². The Labute approximate surface area is 267 Å². The molecule has 0 spiro atoms. The van der Waals surface area contributed by atoms with E-state index in [1.54, 1.807) is 60.7 Å². The minimum Gasteiger partial charge on any atom is -0.494 e. The number of hydrogen-bond acceptors (Lipinski definition) is 7. The summed E-state index contributed by atoms with van der Waals surface area (Å²) in [6.45, 7) is 0.632. The highest BCUT2D eigenvalue weighted by molar-refractivity contribution is 9.10. The fourth-order valence-electron chi connectivity index (χ4n) is 4.98. The van der Waals surface area contributed by atoms with E-state index in [0.717, 1.165) is 10.0 Å². The summed E-state index contributed by atoms with van der Waals surface area (Å²) in [6, 6.07) is 27.5. The molecule has 0 aromatic heterocycles. The molecule has 3 N–H and O–H groups in total. The van der Waals surface area contributed by atoms with Crippen LogP contribution in [-0.2, 0) is 22.5 Å². The van der Waals surface area contributed by atoms with Gasteiger partial charge in [-0.3, -0.25) is 10.2 Å². The standard InChI is InChI=1S/C33H30BrFN6O4/c34-28-8-3-2-7-27(28)30-33(20-24-6-1-4-9-29(24)39-41-36,32(43)40-37-21-22-10-14-25(35)15-11-22)38-31(45-30)23-12-16-26(17-13-23)44-19-5-18-42/h1-4,6-17,30,37,42H,5,18-21H2,(H,40,43)/t30-,33-/m0/s1. The van der Waals surface area contributed by atoms with Crippen molar-refractivity contribution in [3.8, 4) is 5.75 Å². The quantitative estimate of drug-likeness (QED) is 0.0482. The van der Waals surface area contributed by atoms with Crippen molar-refractivity contribution in [2.75, 3.05) is 13.2 Å². The molecule has 0 saturated heterocycles. The van der Waals surface area contributed by atoms with Crippen molar-refractivity contribution in [2.24, 2.45) is 10.1 Å². The molecule has 1 amide bonds. The van der Waals surface area contributed by atoms with Gasteiger partial charge in [0.2, 0.25) is 5.90 Å². The number of amides is 1. The number of ether oxygens (including phenoxy) is 2. The lowest BCUT2D eigenvalue weighted by Crippen LogP contribution is -2.53. The molecular formula is C33H30BrFN6O4. The molecule has 230 valence electrons. The molecule has 1 heterocycles. The largest absolute Gasteiger partial charge is 0.494 e. The van der Waals surface area contributed by atoms with Crippen LogP contribution >= 0.6 is 15.9 Å². The second kappa shape index (κ2) is 14.8. The van der Waals surface area contributed by atoms with Crippen molar-refractivity contribution in [1.82, 2.24) is 10.9 Å². The van der Waals surface area contributed by atoms with Crippen molar-refractivity contribution < 1.29 is 23.8 Å². The number of hydrogen-bond donors (Lipinski definition) is 3. The zero-order valence-corrected chi connectivity index (χ0v) is 25.7. The molecule has 0 aliphatic carbocycles. The van der Waals surface area contributed by atoms with Crippen LogP contribution in [0, 0.1) is 5.82 Å². The van der Waals surface area contributed by atoms with Gasteiger partial charge in [-0.1, -0.05) is 75.6 Å². The first-order chi connectivity index (χ1) is 21.9. The summed E-state index contributed by atoms with van der Waals surface area (Å²) in [4.78, 5) is 22.3. The second-order valence-corrected chi connectivity index (χ2v) is 11.1. The molecule has 10 nitrogen and oxygen atoms in total. The normalized spacial score (nSPS) is 17.1. The van der Waals surface area contributed by atoms with Gasteiger partial charge in [0.1, 0.15) is 11.6 Å². The van der Waals surface area contributed by atoms with Gasteiger partial charge in [0.25, 0.3) is 5.91 Å². The zero-order valence-electron chi connectivity index (χ0n) is 24.1. The molecule has 4 aromatic rings. The molecule has 1 aliphatic rings. The average molecular weight is 674 g/mol. The molecule has 5 rings (SSSR count). The third-order valence-electron chi connectivity index (χ3n) is 7.23. The van der Waals surface area contributed by atoms with Gasteiger partial charge < -0.3 is 14.6 Å². The zero-order chi connectivity index (χ0) is 31.6. The van der Waals surface area contributed by atoms with Crippen LogP contribution in [-0.4, -0.2) is 35.7 Å². The van der Waals surface area contributed by atoms with Crippen molar-refractivity contribution >= 4 is 33.4 Å². The fraction of sp³-hybridized carbons (Fsp3) is 0.212. The van der Waals surface area contributed by atoms with Crippen molar-refractivity contribution in [3.63, 3.8) is 0 Å². The van der Waals surface area contributed by atoms with Crippen LogP contribution in [0.15, 0.2) is 112 Å². The predicted octanol–water partition coefficient (Wildman–Crippen LogP) is 6.61. The number of nitrogens with one attached hydrogen (secondary N) is 2. The Kier molecular flexibility index (Phi) is 10.4. The number of aliphatic imine (C=N–C) groups is 1. The number of nitrogens with zero attached hydrogens (tertiary/aromatic N) is 4. The highest BCUT2D eigenvalue weighted by Crippen LogP contribution is 2.45.